The molecular formula is C8H6N2O2S. The number of amides is 1. The number of nitrogens with zero attached hydrogens (tertiary/aromatic N) is 2. The molecule has 0 heterocycles. The Bertz CT molecular complexity index is 324. The van der Waals surface area contributed by atoms with Crippen LogP contribution in [0.3, 0.4) is 0 Å². The zero-order valence-electron chi connectivity index (χ0n) is 6.58. The summed E-state index contributed by atoms with van der Waals surface area (Å²) < 4.78 is 4.75. The summed E-state index contributed by atoms with van der Waals surface area (Å²) in [7, 11) is 0. The lowest BCUT2D eigenvalue weighted by molar-refractivity contribution is 0.210. The highest BCUT2D eigenvalue weighted by Crippen LogP contribution is 2.08. The minimum absolute atomic E-state index is 0.427. The van der Waals surface area contributed by atoms with E-state index in [1.54, 1.807) is 24.3 Å². The van der Waals surface area contributed by atoms with Crippen molar-refractivity contribution in [2.24, 2.45) is 10.2 Å². The number of para-hydroxylation sites is 1. The summed E-state index contributed by atoms with van der Waals surface area (Å²) >= 11 is 4.34. The third-order valence-electron chi connectivity index (χ3n) is 1.13. The summed E-state index contributed by atoms with van der Waals surface area (Å²) in [6.45, 7) is 0. The molecule has 1 aromatic rings. The molecule has 66 valence electrons. The van der Waals surface area contributed by atoms with E-state index in [-0.39, 0.29) is 0 Å². The molecule has 0 fully saturated rings. The zero-order valence-corrected chi connectivity index (χ0v) is 7.40. The summed E-state index contributed by atoms with van der Waals surface area (Å²) in [4.78, 5) is 10.8. The van der Waals surface area contributed by atoms with Gasteiger partial charge in [0.2, 0.25) is 0 Å². The SMILES string of the molecule is O=C(N=NC=S)Oc1ccccc1. The molecule has 0 spiro atoms. The quantitative estimate of drug-likeness (QED) is 0.537. The van der Waals surface area contributed by atoms with Crippen LogP contribution in [0.2, 0.25) is 0 Å². The highest BCUT2D eigenvalue weighted by Gasteiger charge is 1.99. The number of carbonyl (C=O) groups is 1. The number of carbonyl (C=O) groups excluding carboxylic acids is 1. The number of azo groups is 1. The summed E-state index contributed by atoms with van der Waals surface area (Å²) in [6.07, 6.45) is -0.785. The predicted octanol–water partition coefficient (Wildman–Crippen LogP) is 2.59. The Hall–Kier alpha value is -1.62. The van der Waals surface area contributed by atoms with E-state index in [0.29, 0.717) is 5.75 Å². The molecule has 1 amide bonds. The zero-order chi connectivity index (χ0) is 9.52. The summed E-state index contributed by atoms with van der Waals surface area (Å²) in [5.74, 6) is 0.427. The van der Waals surface area contributed by atoms with E-state index in [1.165, 1.54) is 0 Å². The maximum atomic E-state index is 10.8. The number of rotatable bonds is 2. The van der Waals surface area contributed by atoms with E-state index in [9.17, 15) is 4.79 Å². The predicted molar refractivity (Wildman–Crippen MR) is 51.0 cm³/mol. The molecule has 0 atom stereocenters. The van der Waals surface area contributed by atoms with Crippen molar-refractivity contribution in [3.63, 3.8) is 0 Å². The molecule has 4 nitrogen and oxygen atoms in total. The average Bonchev–Trinajstić information content (AvgIpc) is 2.16. The van der Waals surface area contributed by atoms with Crippen molar-refractivity contribution in [1.82, 2.24) is 0 Å². The maximum absolute atomic E-state index is 10.8. The first-order valence-electron chi connectivity index (χ1n) is 3.44. The first-order chi connectivity index (χ1) is 6.33. The van der Waals surface area contributed by atoms with Gasteiger partial charge in [0.1, 0.15) is 11.2 Å². The molecule has 1 aromatic carbocycles. The van der Waals surface area contributed by atoms with Crippen LogP contribution in [0.25, 0.3) is 0 Å². The molecule has 0 N–H and O–H groups in total. The van der Waals surface area contributed by atoms with Gasteiger partial charge in [0, 0.05) is 0 Å². The van der Waals surface area contributed by atoms with E-state index in [1.807, 2.05) is 6.07 Å². The second kappa shape index (κ2) is 5.10. The van der Waals surface area contributed by atoms with Crippen molar-refractivity contribution in [3.05, 3.63) is 30.3 Å². The molecular weight excluding hydrogens is 188 g/mol. The number of ether oxygens (including phenoxy) is 1. The molecule has 0 aliphatic carbocycles. The Morgan fingerprint density at radius 2 is 2.08 bits per heavy atom. The molecule has 0 aliphatic rings. The Kier molecular flexibility index (Phi) is 3.72. The third kappa shape index (κ3) is 3.53. The van der Waals surface area contributed by atoms with Gasteiger partial charge in [-0.1, -0.05) is 35.5 Å². The van der Waals surface area contributed by atoms with Crippen molar-refractivity contribution < 1.29 is 9.53 Å². The van der Waals surface area contributed by atoms with Crippen molar-refractivity contribution in [2.75, 3.05) is 0 Å². The van der Waals surface area contributed by atoms with E-state index in [0.717, 1.165) is 5.49 Å². The Balaban J connectivity index is 2.55. The van der Waals surface area contributed by atoms with Crippen LogP contribution in [0.15, 0.2) is 40.6 Å². The number of benzene rings is 1. The summed E-state index contributed by atoms with van der Waals surface area (Å²) in [6, 6.07) is 8.60. The Morgan fingerprint density at radius 1 is 1.38 bits per heavy atom. The normalized spacial score (nSPS) is 9.85. The molecule has 0 saturated heterocycles. The Morgan fingerprint density at radius 3 is 2.69 bits per heavy atom. The van der Waals surface area contributed by atoms with Gasteiger partial charge in [-0.2, -0.15) is 0 Å². The molecule has 0 aromatic heterocycles. The summed E-state index contributed by atoms with van der Waals surface area (Å²) in [5, 5.41) is 6.35. The molecule has 1 rings (SSSR count). The monoisotopic (exact) mass is 194 g/mol. The van der Waals surface area contributed by atoms with Crippen molar-refractivity contribution in [2.45, 2.75) is 0 Å². The number of thiocarbonyl (C=S) groups is 1. The van der Waals surface area contributed by atoms with E-state index in [2.05, 4.69) is 22.4 Å². The Labute approximate surface area is 80.2 Å². The van der Waals surface area contributed by atoms with Crippen molar-refractivity contribution in [3.8, 4) is 5.75 Å². The van der Waals surface area contributed by atoms with Crippen LogP contribution < -0.4 is 4.74 Å². The topological polar surface area (TPSA) is 51.0 Å². The van der Waals surface area contributed by atoms with Gasteiger partial charge in [0.05, 0.1) is 0 Å². The van der Waals surface area contributed by atoms with Crippen LogP contribution in [-0.4, -0.2) is 11.6 Å². The van der Waals surface area contributed by atoms with Crippen LogP contribution in [0, 0.1) is 0 Å². The lowest BCUT2D eigenvalue weighted by atomic mass is 10.3. The fraction of sp³-hybridized carbons (Fsp3) is 0. The second-order valence-corrected chi connectivity index (χ2v) is 2.21. The lowest BCUT2D eigenvalue weighted by Gasteiger charge is -1.96. The van der Waals surface area contributed by atoms with Crippen LogP contribution >= 0.6 is 12.2 Å². The highest BCUT2D eigenvalue weighted by molar-refractivity contribution is 7.78. The van der Waals surface area contributed by atoms with Gasteiger partial charge >= 0.3 is 6.09 Å². The van der Waals surface area contributed by atoms with Gasteiger partial charge in [-0.3, -0.25) is 0 Å². The number of hydrogen-bond acceptors (Lipinski definition) is 3. The second-order valence-electron chi connectivity index (χ2n) is 2.00. The van der Waals surface area contributed by atoms with Crippen LogP contribution in [0.1, 0.15) is 0 Å². The highest BCUT2D eigenvalue weighted by atomic mass is 32.1. The molecule has 0 bridgehead atoms. The maximum Gasteiger partial charge on any atom is 0.457 e. The van der Waals surface area contributed by atoms with Gasteiger partial charge in [-0.05, 0) is 12.1 Å². The first kappa shape index (κ1) is 9.47. The molecule has 0 radical (unpaired) electrons. The minimum atomic E-state index is -0.785. The molecule has 0 aliphatic heterocycles. The average molecular weight is 194 g/mol. The van der Waals surface area contributed by atoms with Gasteiger partial charge in [-0.25, -0.2) is 4.79 Å². The fourth-order valence-corrected chi connectivity index (χ4v) is 0.728. The van der Waals surface area contributed by atoms with Gasteiger partial charge in [0.25, 0.3) is 0 Å². The lowest BCUT2D eigenvalue weighted by Crippen LogP contribution is -2.00. The molecule has 0 saturated carbocycles. The van der Waals surface area contributed by atoms with Crippen molar-refractivity contribution in [1.29, 1.82) is 0 Å². The molecule has 0 unspecified atom stereocenters. The van der Waals surface area contributed by atoms with E-state index in [4.69, 9.17) is 4.74 Å². The van der Waals surface area contributed by atoms with Crippen molar-refractivity contribution >= 4 is 23.8 Å². The standard InChI is InChI=1S/C8H6N2O2S/c11-8(10-9-6-13)12-7-4-2-1-3-5-7/h1-6H. The fourth-order valence-electron chi connectivity index (χ4n) is 0.680. The van der Waals surface area contributed by atoms with Crippen LogP contribution in [-0.2, 0) is 0 Å². The van der Waals surface area contributed by atoms with Gasteiger partial charge in [0.15, 0.2) is 0 Å². The van der Waals surface area contributed by atoms with Crippen LogP contribution in [0.4, 0.5) is 4.79 Å². The minimum Gasteiger partial charge on any atom is -0.408 e. The molecule has 5 heteroatoms. The largest absolute Gasteiger partial charge is 0.457 e. The van der Waals surface area contributed by atoms with E-state index >= 15 is 0 Å². The van der Waals surface area contributed by atoms with Gasteiger partial charge in [-0.15, -0.1) is 5.11 Å². The van der Waals surface area contributed by atoms with Crippen LogP contribution in [0.5, 0.6) is 5.75 Å². The first-order valence-corrected chi connectivity index (χ1v) is 3.91. The smallest absolute Gasteiger partial charge is 0.408 e. The molecule has 13 heavy (non-hydrogen) atoms. The summed E-state index contributed by atoms with van der Waals surface area (Å²) in [5.41, 5.74) is 0.992. The van der Waals surface area contributed by atoms with E-state index < -0.39 is 6.09 Å². The van der Waals surface area contributed by atoms with Gasteiger partial charge < -0.3 is 4.74 Å². The number of hydrogen-bond donors (Lipinski definition) is 0. The third-order valence-corrected chi connectivity index (χ3v) is 1.23.